The lowest BCUT2D eigenvalue weighted by atomic mass is 10.0. The molecule has 0 atom stereocenters. The number of carbonyl (C=O) groups excluding carboxylic acids is 2. The van der Waals surface area contributed by atoms with Gasteiger partial charge in [-0.2, -0.15) is 0 Å². The van der Waals surface area contributed by atoms with Gasteiger partial charge in [-0.05, 0) is 31.2 Å². The molecule has 0 bridgehead atoms. The molecule has 4 aromatic rings. The van der Waals surface area contributed by atoms with E-state index in [0.717, 1.165) is 5.56 Å². The van der Waals surface area contributed by atoms with Gasteiger partial charge in [0.15, 0.2) is 0 Å². The summed E-state index contributed by atoms with van der Waals surface area (Å²) >= 11 is 0. The van der Waals surface area contributed by atoms with Crippen molar-refractivity contribution in [2.24, 2.45) is 0 Å². The Balaban J connectivity index is 1.76. The number of rotatable bonds is 4. The second-order valence-corrected chi connectivity index (χ2v) is 6.48. The monoisotopic (exact) mass is 386 g/mol. The molecule has 0 aliphatic carbocycles. The number of carbonyl (C=O) groups is 2. The van der Waals surface area contributed by atoms with Crippen LogP contribution in [0.25, 0.3) is 22.4 Å². The molecule has 2 heterocycles. The fraction of sp³-hybridized carbons (Fsp3) is 0.0909. The highest BCUT2D eigenvalue weighted by Gasteiger charge is 2.19. The molecule has 0 saturated heterocycles. The van der Waals surface area contributed by atoms with Gasteiger partial charge in [0.05, 0.1) is 22.3 Å². The predicted octanol–water partition coefficient (Wildman–Crippen LogP) is 3.81. The minimum atomic E-state index is -0.338. The van der Waals surface area contributed by atoms with E-state index in [2.05, 4.69) is 20.8 Å². The van der Waals surface area contributed by atoms with Gasteiger partial charge in [0, 0.05) is 23.9 Å². The number of nitrogens with zero attached hydrogens (tertiary/aromatic N) is 2. The summed E-state index contributed by atoms with van der Waals surface area (Å²) in [7, 11) is 1.56. The van der Waals surface area contributed by atoms with Crippen LogP contribution in [0.2, 0.25) is 0 Å². The number of hydrogen-bond acceptors (Lipinski definition) is 5. The summed E-state index contributed by atoms with van der Waals surface area (Å²) in [5.41, 5.74) is 3.72. The quantitative estimate of drug-likeness (QED) is 0.556. The molecule has 0 radical (unpaired) electrons. The fourth-order valence-electron chi connectivity index (χ4n) is 3.11. The van der Waals surface area contributed by atoms with Gasteiger partial charge < -0.3 is 15.2 Å². The van der Waals surface area contributed by atoms with E-state index in [0.29, 0.717) is 39.3 Å². The molecule has 0 saturated carbocycles. The van der Waals surface area contributed by atoms with Crippen molar-refractivity contribution in [3.8, 4) is 11.3 Å². The van der Waals surface area contributed by atoms with Gasteiger partial charge in [0.2, 0.25) is 0 Å². The van der Waals surface area contributed by atoms with Gasteiger partial charge in [-0.3, -0.25) is 9.59 Å². The van der Waals surface area contributed by atoms with Crippen molar-refractivity contribution in [3.05, 3.63) is 77.5 Å². The van der Waals surface area contributed by atoms with Gasteiger partial charge in [-0.25, -0.2) is 4.98 Å². The first-order valence-corrected chi connectivity index (χ1v) is 9.03. The summed E-state index contributed by atoms with van der Waals surface area (Å²) < 4.78 is 5.32. The average molecular weight is 386 g/mol. The van der Waals surface area contributed by atoms with Crippen LogP contribution >= 0.6 is 0 Å². The zero-order valence-electron chi connectivity index (χ0n) is 15.9. The number of benzene rings is 2. The van der Waals surface area contributed by atoms with Crippen molar-refractivity contribution in [1.29, 1.82) is 0 Å². The molecule has 0 fully saturated rings. The standard InChI is InChI=1S/C22H18N4O3/c1-13-19-17(21(28)24-16-10-6-9-15(11-16)20(27)23-2)12-18(25-22(19)29-26-13)14-7-4-3-5-8-14/h3-12H,1-2H3,(H,23,27)(H,24,28). The number of fused-ring (bicyclic) bond motifs is 1. The highest BCUT2D eigenvalue weighted by atomic mass is 16.5. The lowest BCUT2D eigenvalue weighted by Gasteiger charge is -2.09. The van der Waals surface area contributed by atoms with E-state index in [4.69, 9.17) is 4.52 Å². The predicted molar refractivity (Wildman–Crippen MR) is 110 cm³/mol. The van der Waals surface area contributed by atoms with Crippen LogP contribution in [0.3, 0.4) is 0 Å². The zero-order valence-corrected chi connectivity index (χ0v) is 15.9. The Labute approximate surface area is 166 Å². The van der Waals surface area contributed by atoms with Gasteiger partial charge in [0.25, 0.3) is 17.5 Å². The molecule has 0 unspecified atom stereocenters. The minimum Gasteiger partial charge on any atom is -0.355 e. The molecule has 0 spiro atoms. The van der Waals surface area contributed by atoms with Crippen LogP contribution in [0.1, 0.15) is 26.4 Å². The van der Waals surface area contributed by atoms with Crippen LogP contribution in [-0.2, 0) is 0 Å². The van der Waals surface area contributed by atoms with Crippen LogP contribution in [0.15, 0.2) is 65.2 Å². The van der Waals surface area contributed by atoms with Gasteiger partial charge in [0.1, 0.15) is 0 Å². The van der Waals surface area contributed by atoms with Crippen LogP contribution in [-0.4, -0.2) is 29.0 Å². The third-order valence-corrected chi connectivity index (χ3v) is 4.54. The first kappa shape index (κ1) is 18.4. The second-order valence-electron chi connectivity index (χ2n) is 6.48. The number of aryl methyl sites for hydroxylation is 1. The largest absolute Gasteiger partial charge is 0.355 e. The summed E-state index contributed by atoms with van der Waals surface area (Å²) in [5, 5.41) is 9.93. The Kier molecular flexibility index (Phi) is 4.78. The van der Waals surface area contributed by atoms with Gasteiger partial charge >= 0.3 is 0 Å². The third kappa shape index (κ3) is 3.58. The number of hydrogen-bond donors (Lipinski definition) is 2. The Morgan fingerprint density at radius 3 is 2.52 bits per heavy atom. The Hall–Kier alpha value is -4.00. The lowest BCUT2D eigenvalue weighted by molar-refractivity contribution is 0.0961. The van der Waals surface area contributed by atoms with Gasteiger partial charge in [-0.1, -0.05) is 41.6 Å². The van der Waals surface area contributed by atoms with Crippen LogP contribution in [0, 0.1) is 6.92 Å². The Morgan fingerprint density at radius 1 is 0.966 bits per heavy atom. The number of aromatic nitrogens is 2. The maximum Gasteiger partial charge on any atom is 0.259 e. The van der Waals surface area contributed by atoms with Crippen molar-refractivity contribution in [2.75, 3.05) is 12.4 Å². The van der Waals surface area contributed by atoms with E-state index in [-0.39, 0.29) is 11.8 Å². The van der Waals surface area contributed by atoms with E-state index < -0.39 is 0 Å². The zero-order chi connectivity index (χ0) is 20.4. The summed E-state index contributed by atoms with van der Waals surface area (Å²) in [6.45, 7) is 1.76. The molecule has 29 heavy (non-hydrogen) atoms. The number of amides is 2. The molecular weight excluding hydrogens is 368 g/mol. The molecule has 2 amide bonds. The van der Waals surface area contributed by atoms with Crippen LogP contribution in [0.5, 0.6) is 0 Å². The van der Waals surface area contributed by atoms with Crippen molar-refractivity contribution < 1.29 is 14.1 Å². The van der Waals surface area contributed by atoms with Crippen molar-refractivity contribution in [1.82, 2.24) is 15.5 Å². The van der Waals surface area contributed by atoms with E-state index in [1.54, 1.807) is 44.3 Å². The number of anilines is 1. The summed E-state index contributed by atoms with van der Waals surface area (Å²) in [5.74, 6) is -0.566. The molecule has 144 valence electrons. The third-order valence-electron chi connectivity index (χ3n) is 4.54. The van der Waals surface area contributed by atoms with Crippen LogP contribution < -0.4 is 10.6 Å². The average Bonchev–Trinajstić information content (AvgIpc) is 3.14. The maximum atomic E-state index is 13.1. The lowest BCUT2D eigenvalue weighted by Crippen LogP contribution is -2.18. The molecule has 0 aliphatic rings. The SMILES string of the molecule is CNC(=O)c1cccc(NC(=O)c2cc(-c3ccccc3)nc3onc(C)c23)c1. The first-order valence-electron chi connectivity index (χ1n) is 9.03. The highest BCUT2D eigenvalue weighted by Crippen LogP contribution is 2.27. The molecule has 0 aliphatic heterocycles. The second kappa shape index (κ2) is 7.55. The normalized spacial score (nSPS) is 10.7. The minimum absolute atomic E-state index is 0.228. The Morgan fingerprint density at radius 2 is 1.76 bits per heavy atom. The van der Waals surface area contributed by atoms with Crippen molar-refractivity contribution >= 4 is 28.6 Å². The van der Waals surface area contributed by atoms with E-state index in [1.165, 1.54) is 0 Å². The topological polar surface area (TPSA) is 97.1 Å². The summed E-state index contributed by atoms with van der Waals surface area (Å²) in [4.78, 5) is 29.5. The molecular formula is C22H18N4O3. The molecule has 4 rings (SSSR count). The van der Waals surface area contributed by atoms with E-state index in [9.17, 15) is 9.59 Å². The number of nitrogens with one attached hydrogen (secondary N) is 2. The van der Waals surface area contributed by atoms with Crippen molar-refractivity contribution in [3.63, 3.8) is 0 Å². The van der Waals surface area contributed by atoms with E-state index in [1.807, 2.05) is 30.3 Å². The fourth-order valence-corrected chi connectivity index (χ4v) is 3.11. The maximum absolute atomic E-state index is 13.1. The van der Waals surface area contributed by atoms with E-state index >= 15 is 0 Å². The highest BCUT2D eigenvalue weighted by molar-refractivity contribution is 6.13. The summed E-state index contributed by atoms with van der Waals surface area (Å²) in [6, 6.07) is 18.0. The first-order chi connectivity index (χ1) is 14.1. The van der Waals surface area contributed by atoms with Crippen molar-refractivity contribution in [2.45, 2.75) is 6.92 Å². The molecule has 2 N–H and O–H groups in total. The van der Waals surface area contributed by atoms with Gasteiger partial charge in [-0.15, -0.1) is 0 Å². The molecule has 2 aromatic carbocycles. The van der Waals surface area contributed by atoms with Crippen LogP contribution in [0.4, 0.5) is 5.69 Å². The molecule has 7 heteroatoms. The number of pyridine rings is 1. The molecule has 2 aromatic heterocycles. The smallest absolute Gasteiger partial charge is 0.259 e. The summed E-state index contributed by atoms with van der Waals surface area (Å²) in [6.07, 6.45) is 0. The molecule has 7 nitrogen and oxygen atoms in total. The Bertz CT molecular complexity index is 1220.